The van der Waals surface area contributed by atoms with Crippen molar-refractivity contribution in [2.24, 2.45) is 7.05 Å². The van der Waals surface area contributed by atoms with Crippen molar-refractivity contribution in [2.75, 3.05) is 18.4 Å². The maximum absolute atomic E-state index is 12.6. The highest BCUT2D eigenvalue weighted by molar-refractivity contribution is 7.13. The topological polar surface area (TPSA) is 84.7 Å². The smallest absolute Gasteiger partial charge is 0.270 e. The van der Waals surface area contributed by atoms with E-state index in [1.165, 1.54) is 11.3 Å². The monoisotopic (exact) mass is 348 g/mol. The maximum Gasteiger partial charge on any atom is 0.270 e. The van der Waals surface area contributed by atoms with Gasteiger partial charge in [-0.05, 0) is 45.7 Å². The zero-order valence-electron chi connectivity index (χ0n) is 14.4. The Kier molecular flexibility index (Phi) is 5.25. The number of carbonyl (C=O) groups is 1. The number of aryl methyl sites for hydroxylation is 3. The van der Waals surface area contributed by atoms with Crippen LogP contribution in [0.2, 0.25) is 0 Å². The molecule has 2 N–H and O–H groups in total. The summed E-state index contributed by atoms with van der Waals surface area (Å²) in [6.45, 7) is 5.97. The molecule has 7 nitrogen and oxygen atoms in total. The SMILES string of the molecule is CCCc1nc(C)c(C(=O)Nc2nc(C3CCNCC3)nn2C)s1. The lowest BCUT2D eigenvalue weighted by Gasteiger charge is -2.19. The summed E-state index contributed by atoms with van der Waals surface area (Å²) in [6, 6.07) is 0. The minimum atomic E-state index is -0.153. The number of carbonyl (C=O) groups excluding carboxylic acids is 1. The van der Waals surface area contributed by atoms with Gasteiger partial charge >= 0.3 is 0 Å². The minimum absolute atomic E-state index is 0.153. The van der Waals surface area contributed by atoms with E-state index in [0.29, 0.717) is 16.7 Å². The molecular formula is C16H24N6OS. The van der Waals surface area contributed by atoms with Crippen LogP contribution in [0, 0.1) is 6.92 Å². The molecule has 2 aromatic rings. The number of piperidine rings is 1. The van der Waals surface area contributed by atoms with Crippen molar-refractivity contribution in [2.45, 2.75) is 45.4 Å². The van der Waals surface area contributed by atoms with E-state index < -0.39 is 0 Å². The van der Waals surface area contributed by atoms with Gasteiger partial charge in [0.25, 0.3) is 5.91 Å². The molecule has 0 unspecified atom stereocenters. The van der Waals surface area contributed by atoms with Crippen molar-refractivity contribution in [3.8, 4) is 0 Å². The van der Waals surface area contributed by atoms with Crippen LogP contribution in [-0.4, -0.2) is 38.7 Å². The van der Waals surface area contributed by atoms with Gasteiger partial charge in [-0.25, -0.2) is 9.67 Å². The van der Waals surface area contributed by atoms with Crippen LogP contribution in [0.3, 0.4) is 0 Å². The molecule has 8 heteroatoms. The Hall–Kier alpha value is -1.80. The van der Waals surface area contributed by atoms with Crippen molar-refractivity contribution in [1.29, 1.82) is 0 Å². The fraction of sp³-hybridized carbons (Fsp3) is 0.625. The molecule has 1 fully saturated rings. The molecule has 0 saturated carbocycles. The molecule has 2 aromatic heterocycles. The van der Waals surface area contributed by atoms with Crippen molar-refractivity contribution in [3.05, 3.63) is 21.4 Å². The van der Waals surface area contributed by atoms with Crippen molar-refractivity contribution in [1.82, 2.24) is 25.1 Å². The molecule has 0 spiro atoms. The van der Waals surface area contributed by atoms with Crippen molar-refractivity contribution >= 4 is 23.2 Å². The van der Waals surface area contributed by atoms with Crippen molar-refractivity contribution in [3.63, 3.8) is 0 Å². The molecule has 24 heavy (non-hydrogen) atoms. The van der Waals surface area contributed by atoms with Gasteiger partial charge in [-0.3, -0.25) is 10.1 Å². The number of hydrogen-bond acceptors (Lipinski definition) is 6. The van der Waals surface area contributed by atoms with Crippen molar-refractivity contribution < 1.29 is 4.79 Å². The zero-order chi connectivity index (χ0) is 17.1. The summed E-state index contributed by atoms with van der Waals surface area (Å²) in [7, 11) is 1.81. The molecule has 0 aliphatic carbocycles. The predicted octanol–water partition coefficient (Wildman–Crippen LogP) is 2.25. The molecule has 3 rings (SSSR count). The lowest BCUT2D eigenvalue weighted by Crippen LogP contribution is -2.27. The normalized spacial score (nSPS) is 15.6. The number of anilines is 1. The van der Waals surface area contributed by atoms with Crippen LogP contribution in [0.25, 0.3) is 0 Å². The Labute approximate surface area is 145 Å². The Balaban J connectivity index is 1.73. The van der Waals surface area contributed by atoms with E-state index in [4.69, 9.17) is 0 Å². The lowest BCUT2D eigenvalue weighted by molar-refractivity contribution is 0.102. The van der Waals surface area contributed by atoms with Crippen LogP contribution in [0.15, 0.2) is 0 Å². The second-order valence-electron chi connectivity index (χ2n) is 6.17. The molecule has 1 amide bonds. The van der Waals surface area contributed by atoms with Crippen LogP contribution in [0.5, 0.6) is 0 Å². The minimum Gasteiger partial charge on any atom is -0.317 e. The van der Waals surface area contributed by atoms with Gasteiger partial charge < -0.3 is 5.32 Å². The summed E-state index contributed by atoms with van der Waals surface area (Å²) in [4.78, 5) is 22.2. The third-order valence-electron chi connectivity index (χ3n) is 4.22. The first-order valence-electron chi connectivity index (χ1n) is 8.47. The third kappa shape index (κ3) is 3.64. The first kappa shape index (κ1) is 17.0. The van der Waals surface area contributed by atoms with E-state index in [-0.39, 0.29) is 5.91 Å². The summed E-state index contributed by atoms with van der Waals surface area (Å²) in [5.74, 6) is 1.53. The second-order valence-corrected chi connectivity index (χ2v) is 7.25. The number of rotatable bonds is 5. The number of nitrogens with one attached hydrogen (secondary N) is 2. The highest BCUT2D eigenvalue weighted by atomic mass is 32.1. The highest BCUT2D eigenvalue weighted by Gasteiger charge is 2.22. The summed E-state index contributed by atoms with van der Waals surface area (Å²) in [5.41, 5.74) is 0.779. The largest absolute Gasteiger partial charge is 0.317 e. The van der Waals surface area contributed by atoms with E-state index in [1.807, 2.05) is 14.0 Å². The second kappa shape index (κ2) is 7.40. The fourth-order valence-corrected chi connectivity index (χ4v) is 3.97. The van der Waals surface area contributed by atoms with Gasteiger partial charge in [0.2, 0.25) is 5.95 Å². The number of thiazole rings is 1. The standard InChI is InChI=1S/C16H24N6OS/c1-4-5-12-18-10(2)13(24-12)15(23)20-16-19-14(21-22(16)3)11-6-8-17-9-7-11/h11,17H,4-9H2,1-3H3,(H,19,20,21,23). The molecular weight excluding hydrogens is 324 g/mol. The molecule has 0 radical (unpaired) electrons. The Morgan fingerprint density at radius 2 is 2.12 bits per heavy atom. The molecule has 1 saturated heterocycles. The fourth-order valence-electron chi connectivity index (χ4n) is 2.91. The Morgan fingerprint density at radius 3 is 2.83 bits per heavy atom. The van der Waals surface area contributed by atoms with Gasteiger partial charge in [0.05, 0.1) is 10.7 Å². The molecule has 3 heterocycles. The Morgan fingerprint density at radius 1 is 1.38 bits per heavy atom. The lowest BCUT2D eigenvalue weighted by atomic mass is 9.98. The van der Waals surface area contributed by atoms with Gasteiger partial charge in [-0.1, -0.05) is 6.92 Å². The van der Waals surface area contributed by atoms with Crippen LogP contribution in [0.1, 0.15) is 58.3 Å². The van der Waals surface area contributed by atoms with Gasteiger partial charge in [-0.15, -0.1) is 11.3 Å². The van der Waals surface area contributed by atoms with Crippen LogP contribution >= 0.6 is 11.3 Å². The molecule has 1 aliphatic rings. The van der Waals surface area contributed by atoms with Gasteiger partial charge in [-0.2, -0.15) is 10.1 Å². The number of aromatic nitrogens is 4. The summed E-state index contributed by atoms with van der Waals surface area (Å²) in [6.07, 6.45) is 4.00. The van der Waals surface area contributed by atoms with Crippen LogP contribution < -0.4 is 10.6 Å². The van der Waals surface area contributed by atoms with Gasteiger partial charge in [0, 0.05) is 13.0 Å². The summed E-state index contributed by atoms with van der Waals surface area (Å²) >= 11 is 1.46. The van der Waals surface area contributed by atoms with Crippen LogP contribution in [0.4, 0.5) is 5.95 Å². The summed E-state index contributed by atoms with van der Waals surface area (Å²) in [5, 5.41) is 11.7. The average molecular weight is 348 g/mol. The first-order chi connectivity index (χ1) is 11.6. The predicted molar refractivity (Wildman–Crippen MR) is 94.6 cm³/mol. The molecule has 0 aromatic carbocycles. The zero-order valence-corrected chi connectivity index (χ0v) is 15.2. The van der Waals surface area contributed by atoms with E-state index >= 15 is 0 Å². The van der Waals surface area contributed by atoms with E-state index in [9.17, 15) is 4.79 Å². The van der Waals surface area contributed by atoms with Crippen LogP contribution in [-0.2, 0) is 13.5 Å². The first-order valence-corrected chi connectivity index (χ1v) is 9.29. The number of hydrogen-bond donors (Lipinski definition) is 2. The number of amides is 1. The van der Waals surface area contributed by atoms with Gasteiger partial charge in [0.15, 0.2) is 5.82 Å². The Bertz CT molecular complexity index is 716. The van der Waals surface area contributed by atoms with E-state index in [1.54, 1.807) is 4.68 Å². The molecule has 130 valence electrons. The molecule has 1 aliphatic heterocycles. The third-order valence-corrected chi connectivity index (χ3v) is 5.44. The van der Waals surface area contributed by atoms with E-state index in [0.717, 1.165) is 55.3 Å². The maximum atomic E-state index is 12.6. The summed E-state index contributed by atoms with van der Waals surface area (Å²) < 4.78 is 1.65. The average Bonchev–Trinajstić information content (AvgIpc) is 3.12. The van der Waals surface area contributed by atoms with Gasteiger partial charge in [0.1, 0.15) is 4.88 Å². The van der Waals surface area contributed by atoms with E-state index in [2.05, 4.69) is 32.6 Å². The molecule has 0 bridgehead atoms. The molecule has 0 atom stereocenters. The quantitative estimate of drug-likeness (QED) is 0.866. The highest BCUT2D eigenvalue weighted by Crippen LogP contribution is 2.24. The number of nitrogens with zero attached hydrogens (tertiary/aromatic N) is 4.